The number of imidazole rings is 1. The fourth-order valence-corrected chi connectivity index (χ4v) is 3.02. The molecule has 0 aliphatic carbocycles. The number of aromatic nitrogens is 2. The van der Waals surface area contributed by atoms with E-state index in [1.165, 1.54) is 37.2 Å². The van der Waals surface area contributed by atoms with Gasteiger partial charge in [-0.3, -0.25) is 0 Å². The molecule has 1 fully saturated rings. The fraction of sp³-hybridized carbons (Fsp3) is 0.562. The van der Waals surface area contributed by atoms with Crippen LogP contribution in [0.15, 0.2) is 24.5 Å². The van der Waals surface area contributed by atoms with E-state index >= 15 is 0 Å². The van der Waals surface area contributed by atoms with E-state index in [0.717, 1.165) is 5.65 Å². The number of rotatable bonds is 2. The minimum absolute atomic E-state index is 0.562. The summed E-state index contributed by atoms with van der Waals surface area (Å²) in [7, 11) is 2.22. The summed E-state index contributed by atoms with van der Waals surface area (Å²) in [6, 6.07) is 4.62. The first-order valence-corrected chi connectivity index (χ1v) is 7.30. The van der Waals surface area contributed by atoms with Crippen LogP contribution >= 0.6 is 0 Å². The van der Waals surface area contributed by atoms with Crippen molar-refractivity contribution in [2.75, 3.05) is 20.1 Å². The first-order valence-electron chi connectivity index (χ1n) is 7.30. The number of hydrogen-bond acceptors (Lipinski definition) is 2. The molecule has 0 radical (unpaired) electrons. The molecule has 2 aromatic rings. The van der Waals surface area contributed by atoms with Crippen molar-refractivity contribution in [2.45, 2.75) is 38.5 Å². The summed E-state index contributed by atoms with van der Waals surface area (Å²) < 4.78 is 2.28. The van der Waals surface area contributed by atoms with Crippen LogP contribution in [0.1, 0.15) is 49.8 Å². The van der Waals surface area contributed by atoms with Crippen LogP contribution < -0.4 is 0 Å². The molecule has 3 heterocycles. The molecule has 0 spiro atoms. The van der Waals surface area contributed by atoms with Crippen molar-refractivity contribution in [1.82, 2.24) is 14.3 Å². The topological polar surface area (TPSA) is 20.5 Å². The van der Waals surface area contributed by atoms with Crippen LogP contribution in [0.2, 0.25) is 0 Å². The van der Waals surface area contributed by atoms with Crippen LogP contribution in [0.4, 0.5) is 0 Å². The zero-order valence-electron chi connectivity index (χ0n) is 12.1. The van der Waals surface area contributed by atoms with Crippen LogP contribution in [-0.2, 0) is 0 Å². The average Bonchev–Trinajstić information content (AvgIpc) is 2.86. The van der Waals surface area contributed by atoms with Crippen LogP contribution in [0, 0.1) is 0 Å². The number of piperidine rings is 1. The molecule has 102 valence electrons. The van der Waals surface area contributed by atoms with Crippen molar-refractivity contribution in [3.63, 3.8) is 0 Å². The lowest BCUT2D eigenvalue weighted by molar-refractivity contribution is 0.252. The van der Waals surface area contributed by atoms with Crippen LogP contribution in [-0.4, -0.2) is 34.4 Å². The summed E-state index contributed by atoms with van der Waals surface area (Å²) in [5, 5.41) is 0. The number of fused-ring (bicyclic) bond motifs is 1. The quantitative estimate of drug-likeness (QED) is 0.823. The van der Waals surface area contributed by atoms with Gasteiger partial charge in [0.2, 0.25) is 0 Å². The highest BCUT2D eigenvalue weighted by molar-refractivity contribution is 5.45. The number of hydrogen-bond donors (Lipinski definition) is 0. The third kappa shape index (κ3) is 2.39. The fourth-order valence-electron chi connectivity index (χ4n) is 3.02. The predicted octanol–water partition coefficient (Wildman–Crippen LogP) is 3.27. The van der Waals surface area contributed by atoms with Gasteiger partial charge in [-0.05, 0) is 56.6 Å². The van der Waals surface area contributed by atoms with Crippen molar-refractivity contribution in [3.05, 3.63) is 35.8 Å². The predicted molar refractivity (Wildman–Crippen MR) is 78.8 cm³/mol. The van der Waals surface area contributed by atoms with Crippen LogP contribution in [0.25, 0.3) is 5.65 Å². The van der Waals surface area contributed by atoms with Crippen LogP contribution in [0.5, 0.6) is 0 Å². The zero-order chi connectivity index (χ0) is 13.4. The van der Waals surface area contributed by atoms with E-state index in [1.807, 2.05) is 6.20 Å². The Kier molecular flexibility index (Phi) is 3.31. The van der Waals surface area contributed by atoms with Gasteiger partial charge >= 0.3 is 0 Å². The molecule has 3 rings (SSSR count). The van der Waals surface area contributed by atoms with Crippen molar-refractivity contribution in [2.24, 2.45) is 0 Å². The Balaban J connectivity index is 2.03. The van der Waals surface area contributed by atoms with Gasteiger partial charge in [0.15, 0.2) is 0 Å². The maximum atomic E-state index is 4.48. The highest BCUT2D eigenvalue weighted by Crippen LogP contribution is 2.30. The van der Waals surface area contributed by atoms with Gasteiger partial charge in [-0.15, -0.1) is 0 Å². The lowest BCUT2D eigenvalue weighted by atomic mass is 9.91. The number of likely N-dealkylation sites (tertiary alicyclic amines) is 1. The molecule has 0 aromatic carbocycles. The molecule has 1 aliphatic heterocycles. The summed E-state index contributed by atoms with van der Waals surface area (Å²) in [5.74, 6) is 1.23. The SMILES string of the molecule is CC(C)c1cc(C2CCN(C)CC2)n2ccnc2c1. The van der Waals surface area contributed by atoms with Gasteiger partial charge < -0.3 is 9.30 Å². The van der Waals surface area contributed by atoms with Crippen molar-refractivity contribution in [1.29, 1.82) is 0 Å². The van der Waals surface area contributed by atoms with Crippen molar-refractivity contribution in [3.8, 4) is 0 Å². The van der Waals surface area contributed by atoms with Crippen molar-refractivity contribution < 1.29 is 0 Å². The third-order valence-corrected chi connectivity index (χ3v) is 4.36. The summed E-state index contributed by atoms with van der Waals surface area (Å²) in [6.45, 7) is 6.92. The monoisotopic (exact) mass is 257 g/mol. The molecule has 0 unspecified atom stereocenters. The second-order valence-electron chi connectivity index (χ2n) is 6.10. The summed E-state index contributed by atoms with van der Waals surface area (Å²) in [5.41, 5.74) is 3.96. The van der Waals surface area contributed by atoms with E-state index in [1.54, 1.807) is 0 Å². The van der Waals surface area contributed by atoms with Crippen LogP contribution in [0.3, 0.4) is 0 Å². The number of pyridine rings is 1. The van der Waals surface area contributed by atoms with Gasteiger partial charge in [0.25, 0.3) is 0 Å². The molecule has 0 bridgehead atoms. The molecule has 0 atom stereocenters. The Hall–Kier alpha value is -1.35. The van der Waals surface area contributed by atoms with Crippen molar-refractivity contribution >= 4 is 5.65 Å². The van der Waals surface area contributed by atoms with Gasteiger partial charge in [-0.25, -0.2) is 4.98 Å². The summed E-state index contributed by atoms with van der Waals surface area (Å²) >= 11 is 0. The highest BCUT2D eigenvalue weighted by Gasteiger charge is 2.21. The third-order valence-electron chi connectivity index (χ3n) is 4.36. The van der Waals surface area contributed by atoms with Gasteiger partial charge in [0, 0.05) is 24.0 Å². The smallest absolute Gasteiger partial charge is 0.137 e. The molecular weight excluding hydrogens is 234 g/mol. The molecule has 3 nitrogen and oxygen atoms in total. The van der Waals surface area contributed by atoms with E-state index in [2.05, 4.69) is 53.5 Å². The standard InChI is InChI=1S/C16H23N3/c1-12(2)14-10-15(13-4-7-18(3)8-5-13)19-9-6-17-16(19)11-14/h6,9-13H,4-5,7-8H2,1-3H3. The second-order valence-corrected chi connectivity index (χ2v) is 6.10. The number of nitrogens with zero attached hydrogens (tertiary/aromatic N) is 3. The molecular formula is C16H23N3. The second kappa shape index (κ2) is 4.97. The zero-order valence-corrected chi connectivity index (χ0v) is 12.1. The first-order chi connectivity index (χ1) is 9.15. The Bertz CT molecular complexity index is 562. The first kappa shape index (κ1) is 12.7. The van der Waals surface area contributed by atoms with E-state index in [0.29, 0.717) is 11.8 Å². The minimum Gasteiger partial charge on any atom is -0.306 e. The molecule has 1 aliphatic rings. The Morgan fingerprint density at radius 2 is 1.95 bits per heavy atom. The molecule has 0 N–H and O–H groups in total. The molecule has 0 saturated carbocycles. The maximum Gasteiger partial charge on any atom is 0.137 e. The molecule has 1 saturated heterocycles. The lowest BCUT2D eigenvalue weighted by Crippen LogP contribution is -2.30. The minimum atomic E-state index is 0.562. The van der Waals surface area contributed by atoms with Gasteiger partial charge in [0.05, 0.1) is 0 Å². The van der Waals surface area contributed by atoms with Gasteiger partial charge in [0.1, 0.15) is 5.65 Å². The molecule has 3 heteroatoms. The Morgan fingerprint density at radius 3 is 2.63 bits per heavy atom. The van der Waals surface area contributed by atoms with E-state index in [-0.39, 0.29) is 0 Å². The van der Waals surface area contributed by atoms with Gasteiger partial charge in [-0.1, -0.05) is 13.8 Å². The average molecular weight is 257 g/mol. The summed E-state index contributed by atoms with van der Waals surface area (Å²) in [4.78, 5) is 6.91. The highest BCUT2D eigenvalue weighted by atomic mass is 15.1. The van der Waals surface area contributed by atoms with Gasteiger partial charge in [-0.2, -0.15) is 0 Å². The largest absolute Gasteiger partial charge is 0.306 e. The Morgan fingerprint density at radius 1 is 1.21 bits per heavy atom. The Labute approximate surface area is 115 Å². The molecule has 0 amide bonds. The normalized spacial score (nSPS) is 18.5. The molecule has 2 aromatic heterocycles. The summed E-state index contributed by atoms with van der Waals surface area (Å²) in [6.07, 6.45) is 6.53. The van der Waals surface area contributed by atoms with E-state index < -0.39 is 0 Å². The van der Waals surface area contributed by atoms with E-state index in [4.69, 9.17) is 0 Å². The van der Waals surface area contributed by atoms with E-state index in [9.17, 15) is 0 Å². The molecule has 19 heavy (non-hydrogen) atoms. The maximum absolute atomic E-state index is 4.48. The lowest BCUT2D eigenvalue weighted by Gasteiger charge is -2.30.